The van der Waals surface area contributed by atoms with Crippen molar-refractivity contribution in [3.05, 3.63) is 29.6 Å². The highest BCUT2D eigenvalue weighted by Gasteiger charge is 2.15. The van der Waals surface area contributed by atoms with Gasteiger partial charge in [0.25, 0.3) is 0 Å². The molecule has 1 fully saturated rings. The summed E-state index contributed by atoms with van der Waals surface area (Å²) >= 11 is 0. The zero-order valence-corrected chi connectivity index (χ0v) is 13.4. The van der Waals surface area contributed by atoms with Gasteiger partial charge in [0.2, 0.25) is 0 Å². The largest absolute Gasteiger partial charge is 0.373 e. The van der Waals surface area contributed by atoms with Crippen LogP contribution in [0, 0.1) is 5.82 Å². The third kappa shape index (κ3) is 4.68. The Bertz CT molecular complexity index is 430. The SMILES string of the molecule is CCCNCc1c(F)cccc1N(C)CCN1CCCC1. The van der Waals surface area contributed by atoms with Crippen LogP contribution in [-0.4, -0.2) is 44.7 Å². The van der Waals surface area contributed by atoms with Crippen LogP contribution in [0.1, 0.15) is 31.7 Å². The molecule has 1 heterocycles. The predicted octanol–water partition coefficient (Wildman–Crippen LogP) is 2.86. The molecule has 0 bridgehead atoms. The molecule has 118 valence electrons. The molecule has 1 aromatic carbocycles. The van der Waals surface area contributed by atoms with Gasteiger partial charge in [-0.25, -0.2) is 4.39 Å². The maximum atomic E-state index is 14.1. The first-order valence-electron chi connectivity index (χ1n) is 8.14. The Morgan fingerprint density at radius 1 is 1.29 bits per heavy atom. The number of rotatable bonds is 8. The molecule has 0 radical (unpaired) electrons. The molecule has 0 unspecified atom stereocenters. The zero-order chi connectivity index (χ0) is 15.1. The highest BCUT2D eigenvalue weighted by molar-refractivity contribution is 5.53. The van der Waals surface area contributed by atoms with Crippen molar-refractivity contribution in [1.29, 1.82) is 0 Å². The highest BCUT2D eigenvalue weighted by atomic mass is 19.1. The molecule has 1 N–H and O–H groups in total. The molecule has 0 saturated carbocycles. The van der Waals surface area contributed by atoms with Gasteiger partial charge in [-0.3, -0.25) is 0 Å². The average molecular weight is 293 g/mol. The molecule has 1 saturated heterocycles. The normalized spacial score (nSPS) is 15.6. The molecular weight excluding hydrogens is 265 g/mol. The van der Waals surface area contributed by atoms with E-state index in [1.807, 2.05) is 6.07 Å². The lowest BCUT2D eigenvalue weighted by Gasteiger charge is -2.25. The number of likely N-dealkylation sites (N-methyl/N-ethyl adjacent to an activating group) is 1. The highest BCUT2D eigenvalue weighted by Crippen LogP contribution is 2.22. The smallest absolute Gasteiger partial charge is 0.129 e. The van der Waals surface area contributed by atoms with E-state index in [4.69, 9.17) is 0 Å². The number of anilines is 1. The summed E-state index contributed by atoms with van der Waals surface area (Å²) in [5.41, 5.74) is 1.80. The Kier molecular flexibility index (Phi) is 6.46. The van der Waals surface area contributed by atoms with Gasteiger partial charge in [-0.05, 0) is 51.0 Å². The Morgan fingerprint density at radius 3 is 2.76 bits per heavy atom. The molecular formula is C17H28FN3. The summed E-state index contributed by atoms with van der Waals surface area (Å²) in [5, 5.41) is 3.31. The van der Waals surface area contributed by atoms with Crippen molar-refractivity contribution in [2.24, 2.45) is 0 Å². The predicted molar refractivity (Wildman–Crippen MR) is 87.3 cm³/mol. The molecule has 4 heteroatoms. The van der Waals surface area contributed by atoms with Crippen molar-refractivity contribution in [2.75, 3.05) is 44.7 Å². The van der Waals surface area contributed by atoms with Crippen molar-refractivity contribution in [3.63, 3.8) is 0 Å². The average Bonchev–Trinajstić information content (AvgIpc) is 3.00. The fourth-order valence-corrected chi connectivity index (χ4v) is 2.89. The maximum Gasteiger partial charge on any atom is 0.129 e. The van der Waals surface area contributed by atoms with E-state index in [1.165, 1.54) is 25.9 Å². The Hall–Kier alpha value is -1.13. The van der Waals surface area contributed by atoms with Crippen molar-refractivity contribution >= 4 is 5.69 Å². The molecule has 0 aliphatic carbocycles. The van der Waals surface area contributed by atoms with Crippen molar-refractivity contribution in [3.8, 4) is 0 Å². The number of likely N-dealkylation sites (tertiary alicyclic amines) is 1. The van der Waals surface area contributed by atoms with Crippen LogP contribution in [0.25, 0.3) is 0 Å². The van der Waals surface area contributed by atoms with Crippen LogP contribution in [0.2, 0.25) is 0 Å². The first kappa shape index (κ1) is 16.2. The summed E-state index contributed by atoms with van der Waals surface area (Å²) in [4.78, 5) is 4.68. The minimum absolute atomic E-state index is 0.107. The summed E-state index contributed by atoms with van der Waals surface area (Å²) in [6, 6.07) is 5.39. The van der Waals surface area contributed by atoms with E-state index in [9.17, 15) is 4.39 Å². The maximum absolute atomic E-state index is 14.1. The van der Waals surface area contributed by atoms with Gasteiger partial charge in [-0.1, -0.05) is 13.0 Å². The summed E-state index contributed by atoms with van der Waals surface area (Å²) in [7, 11) is 2.06. The Balaban J connectivity index is 1.97. The number of benzene rings is 1. The van der Waals surface area contributed by atoms with Crippen LogP contribution >= 0.6 is 0 Å². The molecule has 3 nitrogen and oxygen atoms in total. The van der Waals surface area contributed by atoms with Gasteiger partial charge < -0.3 is 15.1 Å². The number of halogens is 1. The molecule has 0 atom stereocenters. The van der Waals surface area contributed by atoms with E-state index in [0.29, 0.717) is 6.54 Å². The second-order valence-electron chi connectivity index (χ2n) is 5.88. The van der Waals surface area contributed by atoms with Gasteiger partial charge in [0.05, 0.1) is 0 Å². The lowest BCUT2D eigenvalue weighted by atomic mass is 10.1. The Labute approximate surface area is 128 Å². The minimum Gasteiger partial charge on any atom is -0.373 e. The van der Waals surface area contributed by atoms with Crippen LogP contribution in [0.4, 0.5) is 10.1 Å². The lowest BCUT2D eigenvalue weighted by Crippen LogP contribution is -2.32. The molecule has 0 aromatic heterocycles. The summed E-state index contributed by atoms with van der Waals surface area (Å²) < 4.78 is 14.1. The standard InChI is InChI=1S/C17H28FN3/c1-3-9-19-14-15-16(18)7-6-8-17(15)20(2)12-13-21-10-4-5-11-21/h6-8,19H,3-5,9-14H2,1-2H3. The summed E-state index contributed by atoms with van der Waals surface area (Å²) in [6.07, 6.45) is 3.69. The van der Waals surface area contributed by atoms with Gasteiger partial charge >= 0.3 is 0 Å². The van der Waals surface area contributed by atoms with Gasteiger partial charge in [0.15, 0.2) is 0 Å². The van der Waals surface area contributed by atoms with E-state index < -0.39 is 0 Å². The van der Waals surface area contributed by atoms with E-state index in [1.54, 1.807) is 12.1 Å². The minimum atomic E-state index is -0.107. The van der Waals surface area contributed by atoms with Crippen LogP contribution in [0.3, 0.4) is 0 Å². The van der Waals surface area contributed by atoms with Crippen LogP contribution < -0.4 is 10.2 Å². The molecule has 1 aromatic rings. The van der Waals surface area contributed by atoms with Crippen LogP contribution in [0.5, 0.6) is 0 Å². The molecule has 1 aliphatic heterocycles. The number of hydrogen-bond donors (Lipinski definition) is 1. The topological polar surface area (TPSA) is 18.5 Å². The molecule has 0 spiro atoms. The van der Waals surface area contributed by atoms with E-state index in [2.05, 4.69) is 29.1 Å². The quantitative estimate of drug-likeness (QED) is 0.744. The number of hydrogen-bond acceptors (Lipinski definition) is 3. The molecule has 1 aliphatic rings. The first-order valence-corrected chi connectivity index (χ1v) is 8.14. The monoisotopic (exact) mass is 293 g/mol. The van der Waals surface area contributed by atoms with Gasteiger partial charge in [0, 0.05) is 37.9 Å². The van der Waals surface area contributed by atoms with Gasteiger partial charge in [-0.15, -0.1) is 0 Å². The first-order chi connectivity index (χ1) is 10.2. The summed E-state index contributed by atoms with van der Waals surface area (Å²) in [5.74, 6) is -0.107. The van der Waals surface area contributed by atoms with Crippen LogP contribution in [-0.2, 0) is 6.54 Å². The fraction of sp³-hybridized carbons (Fsp3) is 0.647. The van der Waals surface area contributed by atoms with Crippen LogP contribution in [0.15, 0.2) is 18.2 Å². The van der Waals surface area contributed by atoms with Gasteiger partial charge in [0.1, 0.15) is 5.82 Å². The van der Waals surface area contributed by atoms with Crippen molar-refractivity contribution in [2.45, 2.75) is 32.7 Å². The zero-order valence-electron chi connectivity index (χ0n) is 13.4. The van der Waals surface area contributed by atoms with E-state index >= 15 is 0 Å². The Morgan fingerprint density at radius 2 is 2.05 bits per heavy atom. The lowest BCUT2D eigenvalue weighted by molar-refractivity contribution is 0.346. The molecule has 2 rings (SSSR count). The second kappa shape index (κ2) is 8.35. The third-order valence-corrected chi connectivity index (χ3v) is 4.18. The van der Waals surface area contributed by atoms with E-state index in [-0.39, 0.29) is 5.82 Å². The third-order valence-electron chi connectivity index (χ3n) is 4.18. The fourth-order valence-electron chi connectivity index (χ4n) is 2.89. The van der Waals surface area contributed by atoms with Gasteiger partial charge in [-0.2, -0.15) is 0 Å². The second-order valence-corrected chi connectivity index (χ2v) is 5.88. The van der Waals surface area contributed by atoms with Crippen molar-refractivity contribution < 1.29 is 4.39 Å². The molecule has 0 amide bonds. The summed E-state index contributed by atoms with van der Waals surface area (Å²) in [6.45, 7) is 8.08. The molecule has 21 heavy (non-hydrogen) atoms. The van der Waals surface area contributed by atoms with E-state index in [0.717, 1.165) is 37.3 Å². The number of nitrogens with zero attached hydrogens (tertiary/aromatic N) is 2. The van der Waals surface area contributed by atoms with Crippen molar-refractivity contribution in [1.82, 2.24) is 10.2 Å². The number of nitrogens with one attached hydrogen (secondary N) is 1.